The second kappa shape index (κ2) is 5.63. The van der Waals surface area contributed by atoms with Crippen molar-refractivity contribution in [3.63, 3.8) is 0 Å². The first-order valence-electron chi connectivity index (χ1n) is 7.48. The highest BCUT2D eigenvalue weighted by Gasteiger charge is 2.41. The van der Waals surface area contributed by atoms with Crippen LogP contribution in [0.5, 0.6) is 0 Å². The third-order valence-electron chi connectivity index (χ3n) is 5.16. The number of rotatable bonds is 4. The monoisotopic (exact) mass is 253 g/mol. The summed E-state index contributed by atoms with van der Waals surface area (Å²) in [5.74, 6) is 0.879. The minimum absolute atomic E-state index is 0.224. The maximum Gasteiger partial charge on any atom is 0.219 e. The van der Waals surface area contributed by atoms with Gasteiger partial charge in [0.1, 0.15) is 0 Å². The molecule has 0 unspecified atom stereocenters. The van der Waals surface area contributed by atoms with Crippen LogP contribution >= 0.6 is 0 Å². The Labute approximate surface area is 113 Å². The molecule has 18 heavy (non-hydrogen) atoms. The fraction of sp³-hybridized carbons (Fsp3) is 0.938. The Hall–Kier alpha value is -0.530. The first kappa shape index (κ1) is 15.5. The number of nitrogens with zero attached hydrogens (tertiary/aromatic N) is 1. The number of amides is 1. The molecule has 0 aromatic carbocycles. The van der Waals surface area contributed by atoms with Gasteiger partial charge in [-0.3, -0.25) is 4.79 Å². The molecule has 1 fully saturated rings. The fourth-order valence-electron chi connectivity index (χ4n) is 3.17. The van der Waals surface area contributed by atoms with Gasteiger partial charge in [0.15, 0.2) is 0 Å². The average molecular weight is 253 g/mol. The lowest BCUT2D eigenvalue weighted by Crippen LogP contribution is -2.46. The summed E-state index contributed by atoms with van der Waals surface area (Å²) >= 11 is 0. The summed E-state index contributed by atoms with van der Waals surface area (Å²) in [5.41, 5.74) is 0.836. The zero-order valence-electron chi connectivity index (χ0n) is 13.2. The van der Waals surface area contributed by atoms with E-state index in [4.69, 9.17) is 0 Å². The van der Waals surface area contributed by atoms with E-state index in [9.17, 15) is 4.79 Å². The van der Waals surface area contributed by atoms with E-state index in [1.165, 1.54) is 25.7 Å². The summed E-state index contributed by atoms with van der Waals surface area (Å²) in [7, 11) is 0. The lowest BCUT2D eigenvalue weighted by atomic mass is 9.60. The molecule has 1 aliphatic rings. The lowest BCUT2D eigenvalue weighted by Gasteiger charge is -2.48. The van der Waals surface area contributed by atoms with E-state index in [1.807, 2.05) is 4.90 Å². The lowest BCUT2D eigenvalue weighted by molar-refractivity contribution is -0.131. The minimum atomic E-state index is 0.224. The minimum Gasteiger partial charge on any atom is -0.343 e. The molecule has 0 aromatic rings. The van der Waals surface area contributed by atoms with Crippen molar-refractivity contribution in [3.05, 3.63) is 0 Å². The van der Waals surface area contributed by atoms with Gasteiger partial charge in [0.05, 0.1) is 0 Å². The van der Waals surface area contributed by atoms with Gasteiger partial charge < -0.3 is 4.90 Å². The van der Waals surface area contributed by atoms with E-state index in [0.717, 1.165) is 13.1 Å². The summed E-state index contributed by atoms with van der Waals surface area (Å²) in [6.07, 6.45) is 5.12. The van der Waals surface area contributed by atoms with E-state index in [1.54, 1.807) is 6.92 Å². The van der Waals surface area contributed by atoms with Crippen LogP contribution in [0.4, 0.5) is 0 Å². The highest BCUT2D eigenvalue weighted by atomic mass is 16.2. The zero-order valence-corrected chi connectivity index (χ0v) is 13.2. The predicted molar refractivity (Wildman–Crippen MR) is 77.4 cm³/mol. The molecule has 106 valence electrons. The van der Waals surface area contributed by atoms with Crippen molar-refractivity contribution >= 4 is 5.91 Å². The van der Waals surface area contributed by atoms with Crippen molar-refractivity contribution in [1.82, 2.24) is 4.90 Å². The molecule has 0 spiro atoms. The van der Waals surface area contributed by atoms with Crippen LogP contribution in [0, 0.1) is 16.7 Å². The molecule has 0 aromatic heterocycles. The summed E-state index contributed by atoms with van der Waals surface area (Å²) in [4.78, 5) is 13.7. The fourth-order valence-corrected chi connectivity index (χ4v) is 3.17. The highest BCUT2D eigenvalue weighted by molar-refractivity contribution is 5.73. The van der Waals surface area contributed by atoms with Crippen molar-refractivity contribution in [2.24, 2.45) is 16.7 Å². The molecule has 0 atom stereocenters. The van der Waals surface area contributed by atoms with Gasteiger partial charge in [-0.2, -0.15) is 0 Å². The van der Waals surface area contributed by atoms with Gasteiger partial charge >= 0.3 is 0 Å². The van der Waals surface area contributed by atoms with Crippen molar-refractivity contribution < 1.29 is 4.79 Å². The second-order valence-electron chi connectivity index (χ2n) is 7.21. The Kier molecular flexibility index (Phi) is 4.85. The van der Waals surface area contributed by atoms with Gasteiger partial charge in [-0.1, -0.05) is 27.7 Å². The van der Waals surface area contributed by atoms with Crippen molar-refractivity contribution in [2.45, 2.75) is 67.2 Å². The highest BCUT2D eigenvalue weighted by Crippen LogP contribution is 2.49. The van der Waals surface area contributed by atoms with Crippen LogP contribution in [0.15, 0.2) is 0 Å². The molecular formula is C16H31NO. The number of hydrogen-bond acceptors (Lipinski definition) is 1. The quantitative estimate of drug-likeness (QED) is 0.738. The van der Waals surface area contributed by atoms with Gasteiger partial charge in [0.25, 0.3) is 0 Å². The first-order valence-corrected chi connectivity index (χ1v) is 7.48. The third kappa shape index (κ3) is 3.49. The molecule has 2 nitrogen and oxygen atoms in total. The Bertz CT molecular complexity index is 283. The van der Waals surface area contributed by atoms with Crippen LogP contribution in [-0.2, 0) is 4.79 Å². The predicted octanol–water partition coefficient (Wildman–Crippen LogP) is 4.10. The molecule has 1 rings (SSSR count). The van der Waals surface area contributed by atoms with E-state index >= 15 is 0 Å². The van der Waals surface area contributed by atoms with Gasteiger partial charge in [0, 0.05) is 20.0 Å². The van der Waals surface area contributed by atoms with Crippen molar-refractivity contribution in [3.8, 4) is 0 Å². The maximum absolute atomic E-state index is 11.7. The molecule has 1 saturated carbocycles. The smallest absolute Gasteiger partial charge is 0.219 e. The first-order chi connectivity index (χ1) is 8.22. The van der Waals surface area contributed by atoms with E-state index in [2.05, 4.69) is 34.6 Å². The Morgan fingerprint density at radius 2 is 1.67 bits per heavy atom. The molecule has 0 radical (unpaired) electrons. The van der Waals surface area contributed by atoms with Gasteiger partial charge in [-0.15, -0.1) is 0 Å². The molecular weight excluding hydrogens is 222 g/mol. The Morgan fingerprint density at radius 1 is 1.17 bits per heavy atom. The summed E-state index contributed by atoms with van der Waals surface area (Å²) in [5, 5.41) is 0. The standard InChI is InChI=1S/C16H31NO/c1-7-17(14(4)18)12-16(13(2)3)10-8-15(5,6)9-11-16/h13H,7-12H2,1-6H3. The molecule has 1 amide bonds. The van der Waals surface area contributed by atoms with Gasteiger partial charge in [0.2, 0.25) is 5.91 Å². The second-order valence-corrected chi connectivity index (χ2v) is 7.21. The van der Waals surface area contributed by atoms with Crippen molar-refractivity contribution in [1.29, 1.82) is 0 Å². The van der Waals surface area contributed by atoms with Crippen molar-refractivity contribution in [2.75, 3.05) is 13.1 Å². The molecule has 0 heterocycles. The Balaban J connectivity index is 2.80. The van der Waals surface area contributed by atoms with Crippen LogP contribution in [0.3, 0.4) is 0 Å². The summed E-state index contributed by atoms with van der Waals surface area (Å²) < 4.78 is 0. The molecule has 0 aliphatic heterocycles. The maximum atomic E-state index is 11.7. The largest absolute Gasteiger partial charge is 0.343 e. The van der Waals surface area contributed by atoms with E-state index in [0.29, 0.717) is 16.7 Å². The Morgan fingerprint density at radius 3 is 2.00 bits per heavy atom. The normalized spacial score (nSPS) is 21.9. The van der Waals surface area contributed by atoms with Crippen LogP contribution in [-0.4, -0.2) is 23.9 Å². The number of carbonyl (C=O) groups is 1. The zero-order chi connectivity index (χ0) is 14.0. The third-order valence-corrected chi connectivity index (χ3v) is 5.16. The van der Waals surface area contributed by atoms with Crippen LogP contribution in [0.1, 0.15) is 67.2 Å². The van der Waals surface area contributed by atoms with E-state index < -0.39 is 0 Å². The SMILES string of the molecule is CCN(CC1(C(C)C)CCC(C)(C)CC1)C(C)=O. The number of hydrogen-bond donors (Lipinski definition) is 0. The average Bonchev–Trinajstić information content (AvgIpc) is 2.27. The van der Waals surface area contributed by atoms with E-state index in [-0.39, 0.29) is 5.91 Å². The molecule has 0 bridgehead atoms. The van der Waals surface area contributed by atoms with Gasteiger partial charge in [-0.25, -0.2) is 0 Å². The summed E-state index contributed by atoms with van der Waals surface area (Å²) in [6.45, 7) is 15.0. The molecule has 1 aliphatic carbocycles. The van der Waals surface area contributed by atoms with Gasteiger partial charge in [-0.05, 0) is 49.4 Å². The number of carbonyl (C=O) groups excluding carboxylic acids is 1. The topological polar surface area (TPSA) is 20.3 Å². The molecule has 0 N–H and O–H groups in total. The molecule has 2 heteroatoms. The van der Waals surface area contributed by atoms with Crippen LogP contribution < -0.4 is 0 Å². The molecule has 0 saturated heterocycles. The summed E-state index contributed by atoms with van der Waals surface area (Å²) in [6, 6.07) is 0. The van der Waals surface area contributed by atoms with Crippen LogP contribution in [0.25, 0.3) is 0 Å². The van der Waals surface area contributed by atoms with Crippen LogP contribution in [0.2, 0.25) is 0 Å².